The van der Waals surface area contributed by atoms with Crippen molar-refractivity contribution in [2.75, 3.05) is 5.73 Å². The van der Waals surface area contributed by atoms with Crippen LogP contribution in [-0.2, 0) is 6.54 Å². The third-order valence-corrected chi connectivity index (χ3v) is 2.60. The lowest BCUT2D eigenvalue weighted by Crippen LogP contribution is -2.10. The number of nitrogens with zero attached hydrogens (tertiary/aromatic N) is 2. The van der Waals surface area contributed by atoms with E-state index in [1.807, 2.05) is 0 Å². The lowest BCUT2D eigenvalue weighted by Gasteiger charge is -2.08. The number of hydrogen-bond acceptors (Lipinski definition) is 2. The Balaban J connectivity index is 2.23. The van der Waals surface area contributed by atoms with Crippen molar-refractivity contribution in [2.45, 2.75) is 25.6 Å². The zero-order chi connectivity index (χ0) is 13.3. The van der Waals surface area contributed by atoms with Crippen LogP contribution in [0.1, 0.15) is 12.8 Å². The number of aryl methyl sites for hydroxylation is 1. The summed E-state index contributed by atoms with van der Waals surface area (Å²) in [6.45, 7) is 0.0608. The topological polar surface area (TPSA) is 43.8 Å². The summed E-state index contributed by atoms with van der Waals surface area (Å²) in [4.78, 5) is 3.81. The van der Waals surface area contributed by atoms with Gasteiger partial charge in [-0.15, -0.1) is 0 Å². The zero-order valence-electron chi connectivity index (χ0n) is 9.34. The molecule has 0 fully saturated rings. The van der Waals surface area contributed by atoms with Crippen LogP contribution in [0.5, 0.6) is 0 Å². The number of anilines is 1. The Morgan fingerprint density at radius 2 is 2.00 bits per heavy atom. The molecule has 0 saturated carbocycles. The maximum atomic E-state index is 13.4. The molecule has 7 heteroatoms. The van der Waals surface area contributed by atoms with E-state index in [1.54, 1.807) is 6.07 Å². The first kappa shape index (κ1) is 12.7. The minimum absolute atomic E-state index is 0.0253. The Bertz CT molecular complexity index is 559. The molecule has 0 aliphatic rings. The molecular formula is C11H11F4N3. The molecule has 1 aromatic heterocycles. The molecule has 2 rings (SSSR count). The summed E-state index contributed by atoms with van der Waals surface area (Å²) in [7, 11) is 0. The number of nitrogen functional groups attached to an aromatic ring is 1. The maximum Gasteiger partial charge on any atom is 0.389 e. The predicted octanol–water partition coefficient (Wildman–Crippen LogP) is 3.10. The van der Waals surface area contributed by atoms with Gasteiger partial charge in [0.2, 0.25) is 5.95 Å². The molecule has 1 aromatic carbocycles. The molecule has 1 heterocycles. The lowest BCUT2D eigenvalue weighted by atomic mass is 10.2. The molecule has 0 aliphatic carbocycles. The largest absolute Gasteiger partial charge is 0.389 e. The minimum Gasteiger partial charge on any atom is -0.369 e. The van der Waals surface area contributed by atoms with E-state index in [4.69, 9.17) is 5.73 Å². The molecule has 3 nitrogen and oxygen atoms in total. The van der Waals surface area contributed by atoms with Gasteiger partial charge in [-0.2, -0.15) is 13.2 Å². The Morgan fingerprint density at radius 3 is 2.67 bits per heavy atom. The number of alkyl halides is 3. The number of rotatable bonds is 3. The van der Waals surface area contributed by atoms with Crippen LogP contribution in [0.2, 0.25) is 0 Å². The highest BCUT2D eigenvalue weighted by molar-refractivity contribution is 5.78. The number of benzene rings is 1. The number of fused-ring (bicyclic) bond motifs is 1. The normalized spacial score (nSPS) is 12.2. The van der Waals surface area contributed by atoms with Crippen molar-refractivity contribution in [3.63, 3.8) is 0 Å². The summed E-state index contributed by atoms with van der Waals surface area (Å²) in [6, 6.07) is 4.28. The molecule has 0 spiro atoms. The number of hydrogen-bond donors (Lipinski definition) is 1. The predicted molar refractivity (Wildman–Crippen MR) is 59.4 cm³/mol. The molecule has 2 aromatic rings. The van der Waals surface area contributed by atoms with Gasteiger partial charge < -0.3 is 10.3 Å². The molecule has 0 unspecified atom stereocenters. The standard InChI is InChI=1S/C11H11F4N3/c12-7-3-1-4-8-9(7)17-10(16)18(8)6-2-5-11(13,14)15/h1,3-4H,2,5-6H2,(H2,16,17). The van der Waals surface area contributed by atoms with Crippen molar-refractivity contribution < 1.29 is 17.6 Å². The van der Waals surface area contributed by atoms with E-state index >= 15 is 0 Å². The van der Waals surface area contributed by atoms with E-state index in [9.17, 15) is 17.6 Å². The van der Waals surface area contributed by atoms with Gasteiger partial charge in [0.25, 0.3) is 0 Å². The van der Waals surface area contributed by atoms with Crippen LogP contribution in [0, 0.1) is 5.82 Å². The minimum atomic E-state index is -4.20. The highest BCUT2D eigenvalue weighted by Gasteiger charge is 2.26. The monoisotopic (exact) mass is 261 g/mol. The third-order valence-electron chi connectivity index (χ3n) is 2.60. The molecule has 2 N–H and O–H groups in total. The van der Waals surface area contributed by atoms with E-state index in [-0.39, 0.29) is 24.4 Å². The first-order valence-electron chi connectivity index (χ1n) is 5.35. The quantitative estimate of drug-likeness (QED) is 0.863. The van der Waals surface area contributed by atoms with Gasteiger partial charge in [0.05, 0.1) is 5.52 Å². The zero-order valence-corrected chi connectivity index (χ0v) is 9.34. The van der Waals surface area contributed by atoms with Crippen molar-refractivity contribution >= 4 is 17.0 Å². The van der Waals surface area contributed by atoms with E-state index in [2.05, 4.69) is 4.98 Å². The van der Waals surface area contributed by atoms with E-state index in [1.165, 1.54) is 16.7 Å². The number of nitrogens with two attached hydrogens (primary N) is 1. The second-order valence-electron chi connectivity index (χ2n) is 3.95. The van der Waals surface area contributed by atoms with Crippen LogP contribution in [0.3, 0.4) is 0 Å². The average Bonchev–Trinajstić information content (AvgIpc) is 2.56. The average molecular weight is 261 g/mol. The van der Waals surface area contributed by atoms with Gasteiger partial charge in [-0.1, -0.05) is 6.07 Å². The van der Waals surface area contributed by atoms with Gasteiger partial charge in [-0.05, 0) is 18.6 Å². The molecule has 0 bridgehead atoms. The fourth-order valence-electron chi connectivity index (χ4n) is 1.80. The molecule has 0 saturated heterocycles. The van der Waals surface area contributed by atoms with Gasteiger partial charge in [0, 0.05) is 13.0 Å². The lowest BCUT2D eigenvalue weighted by molar-refractivity contribution is -0.135. The van der Waals surface area contributed by atoms with E-state index in [0.29, 0.717) is 5.52 Å². The van der Waals surface area contributed by atoms with Crippen LogP contribution in [0.25, 0.3) is 11.0 Å². The SMILES string of the molecule is Nc1nc2c(F)cccc2n1CCCC(F)(F)F. The Morgan fingerprint density at radius 1 is 1.28 bits per heavy atom. The molecule has 18 heavy (non-hydrogen) atoms. The summed E-state index contributed by atoms with van der Waals surface area (Å²) < 4.78 is 50.9. The smallest absolute Gasteiger partial charge is 0.369 e. The first-order valence-corrected chi connectivity index (χ1v) is 5.35. The first-order chi connectivity index (χ1) is 8.38. The van der Waals surface area contributed by atoms with Crippen LogP contribution < -0.4 is 5.73 Å². The molecule has 98 valence electrons. The number of imidazole rings is 1. The molecular weight excluding hydrogens is 250 g/mol. The Kier molecular flexibility index (Phi) is 3.14. The third kappa shape index (κ3) is 2.55. The number of halogens is 4. The fourth-order valence-corrected chi connectivity index (χ4v) is 1.80. The molecule has 0 aliphatic heterocycles. The van der Waals surface area contributed by atoms with Gasteiger partial charge in [-0.3, -0.25) is 0 Å². The van der Waals surface area contributed by atoms with Crippen molar-refractivity contribution in [1.82, 2.24) is 9.55 Å². The molecule has 0 atom stereocenters. The second kappa shape index (κ2) is 4.47. The summed E-state index contributed by atoms with van der Waals surface area (Å²) in [5.41, 5.74) is 6.07. The van der Waals surface area contributed by atoms with Gasteiger partial charge in [0.15, 0.2) is 5.82 Å². The van der Waals surface area contributed by atoms with E-state index in [0.717, 1.165) is 0 Å². The van der Waals surface area contributed by atoms with Crippen LogP contribution in [-0.4, -0.2) is 15.7 Å². The van der Waals surface area contributed by atoms with Crippen LogP contribution >= 0.6 is 0 Å². The number of aromatic nitrogens is 2. The molecule has 0 radical (unpaired) electrons. The Labute approximate surface area is 100 Å². The second-order valence-corrected chi connectivity index (χ2v) is 3.95. The van der Waals surface area contributed by atoms with Crippen molar-refractivity contribution in [3.8, 4) is 0 Å². The maximum absolute atomic E-state index is 13.4. The van der Waals surface area contributed by atoms with E-state index < -0.39 is 18.4 Å². The highest BCUT2D eigenvalue weighted by atomic mass is 19.4. The summed E-state index contributed by atoms with van der Waals surface area (Å²) >= 11 is 0. The van der Waals surface area contributed by atoms with Gasteiger partial charge >= 0.3 is 6.18 Å². The van der Waals surface area contributed by atoms with Crippen LogP contribution in [0.15, 0.2) is 18.2 Å². The van der Waals surface area contributed by atoms with Crippen LogP contribution in [0.4, 0.5) is 23.5 Å². The Hall–Kier alpha value is -1.79. The highest BCUT2D eigenvalue weighted by Crippen LogP contribution is 2.24. The van der Waals surface area contributed by atoms with Crippen molar-refractivity contribution in [3.05, 3.63) is 24.0 Å². The summed E-state index contributed by atoms with van der Waals surface area (Å²) in [5, 5.41) is 0. The van der Waals surface area contributed by atoms with Crippen molar-refractivity contribution in [2.24, 2.45) is 0 Å². The van der Waals surface area contributed by atoms with Crippen molar-refractivity contribution in [1.29, 1.82) is 0 Å². The van der Waals surface area contributed by atoms with Gasteiger partial charge in [0.1, 0.15) is 5.52 Å². The molecule has 0 amide bonds. The van der Waals surface area contributed by atoms with Gasteiger partial charge in [-0.25, -0.2) is 9.37 Å². The summed E-state index contributed by atoms with van der Waals surface area (Å²) in [6.07, 6.45) is -5.21. The summed E-state index contributed by atoms with van der Waals surface area (Å²) in [5.74, 6) is -0.508. The number of para-hydroxylation sites is 1. The fraction of sp³-hybridized carbons (Fsp3) is 0.364.